The molecule has 4 nitrogen and oxygen atoms in total. The highest BCUT2D eigenvalue weighted by molar-refractivity contribution is 5.85. The van der Waals surface area contributed by atoms with Gasteiger partial charge in [-0.25, -0.2) is 0 Å². The summed E-state index contributed by atoms with van der Waals surface area (Å²) in [7, 11) is 0. The monoisotopic (exact) mass is 389 g/mol. The quantitative estimate of drug-likeness (QED) is 0.741. The molecule has 1 aromatic rings. The van der Waals surface area contributed by atoms with Gasteiger partial charge >= 0.3 is 0 Å². The maximum Gasteiger partial charge on any atom is 0.226 e. The Bertz CT molecular complexity index is 463. The largest absolute Gasteiger partial charge is 0.337 e. The van der Waals surface area contributed by atoms with Crippen molar-refractivity contribution in [3.63, 3.8) is 0 Å². The van der Waals surface area contributed by atoms with Gasteiger partial charge in [0.25, 0.3) is 0 Å². The molecule has 0 aliphatic carbocycles. The molecule has 25 heavy (non-hydrogen) atoms. The average Bonchev–Trinajstić information content (AvgIpc) is 2.62. The smallest absolute Gasteiger partial charge is 0.226 e. The molecule has 1 heterocycles. The fourth-order valence-corrected chi connectivity index (χ4v) is 3.20. The van der Waals surface area contributed by atoms with E-state index in [0.29, 0.717) is 5.91 Å². The van der Waals surface area contributed by atoms with Gasteiger partial charge in [0.2, 0.25) is 5.91 Å². The first-order valence-corrected chi connectivity index (χ1v) is 9.00. The van der Waals surface area contributed by atoms with Crippen LogP contribution in [-0.4, -0.2) is 55.0 Å². The summed E-state index contributed by atoms with van der Waals surface area (Å²) in [4.78, 5) is 17.4. The van der Waals surface area contributed by atoms with Crippen molar-refractivity contribution in [3.05, 3.63) is 35.9 Å². The predicted molar refractivity (Wildman–Crippen MR) is 110 cm³/mol. The highest BCUT2D eigenvalue weighted by Gasteiger charge is 2.26. The van der Waals surface area contributed by atoms with Gasteiger partial charge in [0.15, 0.2) is 0 Å². The molecule has 0 bridgehead atoms. The van der Waals surface area contributed by atoms with Gasteiger partial charge in [0.05, 0.1) is 0 Å². The van der Waals surface area contributed by atoms with Crippen LogP contribution in [-0.2, 0) is 11.3 Å². The molecule has 6 heteroatoms. The van der Waals surface area contributed by atoms with Gasteiger partial charge in [0, 0.05) is 25.6 Å². The first kappa shape index (κ1) is 24.2. The predicted octanol–water partition coefficient (Wildman–Crippen LogP) is 3.20. The third kappa shape index (κ3) is 7.95. The molecule has 1 amide bonds. The zero-order valence-electron chi connectivity index (χ0n) is 15.4. The molecule has 0 aromatic heterocycles. The fraction of sp³-hybridized carbons (Fsp3) is 0.632. The van der Waals surface area contributed by atoms with E-state index in [1.165, 1.54) is 5.56 Å². The number of nitrogens with zero attached hydrogens (tertiary/aromatic N) is 2. The Morgan fingerprint density at radius 1 is 1.04 bits per heavy atom. The molecule has 0 atom stereocenters. The maximum absolute atomic E-state index is 13.0. The van der Waals surface area contributed by atoms with E-state index in [2.05, 4.69) is 41.1 Å². The lowest BCUT2D eigenvalue weighted by Gasteiger charge is -2.31. The van der Waals surface area contributed by atoms with Crippen LogP contribution in [0.5, 0.6) is 0 Å². The van der Waals surface area contributed by atoms with Crippen molar-refractivity contribution in [3.8, 4) is 0 Å². The summed E-state index contributed by atoms with van der Waals surface area (Å²) in [5, 5.41) is 3.35. The Hall–Kier alpha value is -0.810. The number of hydrogen-bond donors (Lipinski definition) is 1. The molecule has 1 aliphatic heterocycles. The van der Waals surface area contributed by atoms with Gasteiger partial charge in [-0.15, -0.1) is 24.8 Å². The van der Waals surface area contributed by atoms with Crippen LogP contribution < -0.4 is 5.32 Å². The van der Waals surface area contributed by atoms with E-state index >= 15 is 0 Å². The molecule has 0 radical (unpaired) electrons. The first-order chi connectivity index (χ1) is 11.2. The van der Waals surface area contributed by atoms with Crippen LogP contribution in [0.1, 0.15) is 32.3 Å². The number of benzene rings is 1. The molecule has 0 spiro atoms. The Balaban J connectivity index is 0.00000288. The Morgan fingerprint density at radius 3 is 2.20 bits per heavy atom. The van der Waals surface area contributed by atoms with Crippen LogP contribution in [0.25, 0.3) is 0 Å². The molecule has 2 rings (SSSR count). The Labute approximate surface area is 165 Å². The molecule has 144 valence electrons. The van der Waals surface area contributed by atoms with E-state index in [1.54, 1.807) is 0 Å². The van der Waals surface area contributed by atoms with Crippen LogP contribution in [0.3, 0.4) is 0 Å². The number of likely N-dealkylation sites (N-methyl/N-ethyl adjacent to an activating group) is 1. The lowest BCUT2D eigenvalue weighted by molar-refractivity contribution is -0.137. The number of carbonyl (C=O) groups is 1. The van der Waals surface area contributed by atoms with Crippen molar-refractivity contribution in [2.45, 2.75) is 33.2 Å². The lowest BCUT2D eigenvalue weighted by atomic mass is 9.96. The van der Waals surface area contributed by atoms with Crippen molar-refractivity contribution >= 4 is 30.7 Å². The number of nitrogens with one attached hydrogen (secondary N) is 1. The Morgan fingerprint density at radius 2 is 1.64 bits per heavy atom. The van der Waals surface area contributed by atoms with Gasteiger partial charge in [-0.3, -0.25) is 4.79 Å². The number of hydrogen-bond acceptors (Lipinski definition) is 3. The van der Waals surface area contributed by atoms with Gasteiger partial charge in [-0.1, -0.05) is 44.2 Å². The average molecular weight is 390 g/mol. The van der Waals surface area contributed by atoms with Crippen LogP contribution in [0.2, 0.25) is 0 Å². The maximum atomic E-state index is 13.0. The van der Waals surface area contributed by atoms with Gasteiger partial charge < -0.3 is 15.1 Å². The standard InChI is InChI=1S/C19H31N3O.2ClH/c1-3-21(4-2)14-15-22(16-17-8-6-5-7-9-17)19(23)18-10-12-20-13-11-18;;/h5-9,18,20H,3-4,10-16H2,1-2H3;2*1H. The number of rotatable bonds is 8. The highest BCUT2D eigenvalue weighted by atomic mass is 35.5. The van der Waals surface area contributed by atoms with Crippen LogP contribution in [0, 0.1) is 5.92 Å². The van der Waals surface area contributed by atoms with E-state index in [0.717, 1.165) is 58.7 Å². The topological polar surface area (TPSA) is 35.6 Å². The number of piperidine rings is 1. The molecular formula is C19H33Cl2N3O. The minimum absolute atomic E-state index is 0. The van der Waals surface area contributed by atoms with E-state index in [9.17, 15) is 4.79 Å². The SMILES string of the molecule is CCN(CC)CCN(Cc1ccccc1)C(=O)C1CCNCC1.Cl.Cl. The molecule has 0 unspecified atom stereocenters. The van der Waals surface area contributed by atoms with Crippen LogP contribution in [0.15, 0.2) is 30.3 Å². The third-order valence-corrected chi connectivity index (χ3v) is 4.80. The third-order valence-electron chi connectivity index (χ3n) is 4.80. The summed E-state index contributed by atoms with van der Waals surface area (Å²) in [5.41, 5.74) is 1.22. The molecule has 1 saturated heterocycles. The summed E-state index contributed by atoms with van der Waals surface area (Å²) >= 11 is 0. The minimum Gasteiger partial charge on any atom is -0.337 e. The fourth-order valence-electron chi connectivity index (χ4n) is 3.20. The van der Waals surface area contributed by atoms with Gasteiger partial charge in [-0.05, 0) is 44.6 Å². The second-order valence-corrected chi connectivity index (χ2v) is 6.30. The zero-order valence-corrected chi connectivity index (χ0v) is 17.1. The molecular weight excluding hydrogens is 357 g/mol. The second-order valence-electron chi connectivity index (χ2n) is 6.30. The number of halogens is 2. The van der Waals surface area contributed by atoms with Crippen molar-refractivity contribution in [1.29, 1.82) is 0 Å². The van der Waals surface area contributed by atoms with Crippen molar-refractivity contribution in [1.82, 2.24) is 15.1 Å². The zero-order chi connectivity index (χ0) is 16.5. The molecule has 1 aliphatic rings. The molecule has 1 fully saturated rings. The van der Waals surface area contributed by atoms with Gasteiger partial charge in [0.1, 0.15) is 0 Å². The van der Waals surface area contributed by atoms with Crippen molar-refractivity contribution in [2.24, 2.45) is 5.92 Å². The molecule has 1 N–H and O–H groups in total. The summed E-state index contributed by atoms with van der Waals surface area (Å²) in [5.74, 6) is 0.527. The van der Waals surface area contributed by atoms with Crippen LogP contribution in [0.4, 0.5) is 0 Å². The minimum atomic E-state index is 0. The van der Waals surface area contributed by atoms with Gasteiger partial charge in [-0.2, -0.15) is 0 Å². The van der Waals surface area contributed by atoms with Crippen LogP contribution >= 0.6 is 24.8 Å². The normalized spacial score (nSPS) is 14.5. The number of carbonyl (C=O) groups excluding carboxylic acids is 1. The first-order valence-electron chi connectivity index (χ1n) is 9.00. The van der Waals surface area contributed by atoms with E-state index in [-0.39, 0.29) is 30.7 Å². The highest BCUT2D eigenvalue weighted by Crippen LogP contribution is 2.17. The Kier molecular flexibility index (Phi) is 13.0. The van der Waals surface area contributed by atoms with Crippen molar-refractivity contribution in [2.75, 3.05) is 39.3 Å². The second kappa shape index (κ2) is 13.4. The van der Waals surface area contributed by atoms with E-state index in [4.69, 9.17) is 0 Å². The summed E-state index contributed by atoms with van der Waals surface area (Å²) < 4.78 is 0. The lowest BCUT2D eigenvalue weighted by Crippen LogP contribution is -2.43. The summed E-state index contributed by atoms with van der Waals surface area (Å²) in [6.07, 6.45) is 1.94. The van der Waals surface area contributed by atoms with E-state index < -0.39 is 0 Å². The summed E-state index contributed by atoms with van der Waals surface area (Å²) in [6, 6.07) is 10.3. The molecule has 1 aromatic carbocycles. The van der Waals surface area contributed by atoms with Crippen molar-refractivity contribution < 1.29 is 4.79 Å². The summed E-state index contributed by atoms with van der Waals surface area (Å²) in [6.45, 7) is 10.9. The number of amides is 1. The molecule has 0 saturated carbocycles. The van der Waals surface area contributed by atoms with E-state index in [1.807, 2.05) is 18.2 Å².